The van der Waals surface area contributed by atoms with Crippen LogP contribution in [0.15, 0.2) is 0 Å². The second kappa shape index (κ2) is 2.94. The van der Waals surface area contributed by atoms with Crippen molar-refractivity contribution in [3.05, 3.63) is 0 Å². The van der Waals surface area contributed by atoms with E-state index in [4.69, 9.17) is 15.6 Å². The van der Waals surface area contributed by atoms with E-state index in [1.54, 1.807) is 0 Å². The molecule has 3 N–H and O–H groups in total. The summed E-state index contributed by atoms with van der Waals surface area (Å²) in [6.07, 6.45) is 2.85. The molecule has 1 saturated carbocycles. The predicted octanol–water partition coefficient (Wildman–Crippen LogP) is 0.605. The summed E-state index contributed by atoms with van der Waals surface area (Å²) in [5.41, 5.74) is 5.64. The molecule has 14 heavy (non-hydrogen) atoms. The van der Waals surface area contributed by atoms with Gasteiger partial charge in [0.25, 0.3) is 0 Å². The Kier molecular flexibility index (Phi) is 2.08. The van der Waals surface area contributed by atoms with Crippen molar-refractivity contribution in [3.8, 4) is 0 Å². The summed E-state index contributed by atoms with van der Waals surface area (Å²) in [7, 11) is 0. The summed E-state index contributed by atoms with van der Waals surface area (Å²) in [5, 5.41) is 8.97. The molecule has 0 aromatic rings. The van der Waals surface area contributed by atoms with Crippen LogP contribution in [0.5, 0.6) is 0 Å². The quantitative estimate of drug-likeness (QED) is 0.695. The number of hydrogen-bond acceptors (Lipinski definition) is 3. The molecule has 0 amide bonds. The Bertz CT molecular complexity index is 251. The van der Waals surface area contributed by atoms with Crippen LogP contribution in [0.25, 0.3) is 0 Å². The second-order valence-corrected chi connectivity index (χ2v) is 4.60. The Balaban J connectivity index is 2.19. The van der Waals surface area contributed by atoms with Gasteiger partial charge in [-0.25, -0.2) is 0 Å². The third kappa shape index (κ3) is 1.04. The summed E-state index contributed by atoms with van der Waals surface area (Å²) in [6.45, 7) is 3.46. The molecule has 2 aliphatic rings. The van der Waals surface area contributed by atoms with Gasteiger partial charge in [-0.3, -0.25) is 4.79 Å². The first-order valence-electron chi connectivity index (χ1n) is 5.14. The average molecular weight is 199 g/mol. The number of nitrogens with two attached hydrogens (primary N) is 1. The van der Waals surface area contributed by atoms with Crippen LogP contribution < -0.4 is 5.73 Å². The van der Waals surface area contributed by atoms with E-state index in [-0.39, 0.29) is 10.8 Å². The van der Waals surface area contributed by atoms with Crippen molar-refractivity contribution in [2.45, 2.75) is 32.2 Å². The fourth-order valence-corrected chi connectivity index (χ4v) is 2.73. The highest BCUT2D eigenvalue weighted by atomic mass is 16.5. The minimum atomic E-state index is -0.873. The zero-order chi connectivity index (χ0) is 10.4. The van der Waals surface area contributed by atoms with Gasteiger partial charge in [-0.1, -0.05) is 6.92 Å². The van der Waals surface area contributed by atoms with Crippen LogP contribution in [0.2, 0.25) is 0 Å². The summed E-state index contributed by atoms with van der Waals surface area (Å²) in [4.78, 5) is 10.9. The maximum absolute atomic E-state index is 10.9. The molecule has 0 spiro atoms. The number of hydrogen-bond donors (Lipinski definition) is 2. The van der Waals surface area contributed by atoms with Crippen molar-refractivity contribution in [2.24, 2.45) is 16.6 Å². The highest BCUT2D eigenvalue weighted by Crippen LogP contribution is 2.64. The van der Waals surface area contributed by atoms with Gasteiger partial charge >= 0.3 is 5.97 Å². The average Bonchev–Trinajstić information content (AvgIpc) is 2.83. The molecule has 0 aromatic heterocycles. The Morgan fingerprint density at radius 2 is 2.14 bits per heavy atom. The van der Waals surface area contributed by atoms with Crippen molar-refractivity contribution in [3.63, 3.8) is 0 Å². The normalized spacial score (nSPS) is 29.0. The number of rotatable bonds is 4. The maximum Gasteiger partial charge on any atom is 0.321 e. The Morgan fingerprint density at radius 1 is 1.57 bits per heavy atom. The van der Waals surface area contributed by atoms with Gasteiger partial charge in [-0.05, 0) is 19.3 Å². The molecule has 1 saturated heterocycles. The molecule has 1 unspecified atom stereocenters. The molecule has 0 bridgehead atoms. The van der Waals surface area contributed by atoms with E-state index < -0.39 is 12.0 Å². The van der Waals surface area contributed by atoms with Crippen LogP contribution in [0, 0.1) is 10.8 Å². The molecule has 1 aliphatic heterocycles. The lowest BCUT2D eigenvalue weighted by Gasteiger charge is -2.49. The van der Waals surface area contributed by atoms with Gasteiger partial charge in [0.1, 0.15) is 6.04 Å². The molecule has 0 radical (unpaired) electrons. The van der Waals surface area contributed by atoms with Crippen LogP contribution in [0.3, 0.4) is 0 Å². The van der Waals surface area contributed by atoms with E-state index in [1.165, 1.54) is 0 Å². The molecule has 1 heterocycles. The largest absolute Gasteiger partial charge is 0.480 e. The van der Waals surface area contributed by atoms with E-state index >= 15 is 0 Å². The fourth-order valence-electron chi connectivity index (χ4n) is 2.73. The first-order chi connectivity index (χ1) is 6.58. The Morgan fingerprint density at radius 3 is 2.36 bits per heavy atom. The highest BCUT2D eigenvalue weighted by molar-refractivity contribution is 5.75. The Hall–Kier alpha value is -0.610. The van der Waals surface area contributed by atoms with Crippen molar-refractivity contribution in [1.29, 1.82) is 0 Å². The van der Waals surface area contributed by atoms with Crippen LogP contribution >= 0.6 is 0 Å². The molecular weight excluding hydrogens is 182 g/mol. The van der Waals surface area contributed by atoms with Gasteiger partial charge in [0.15, 0.2) is 0 Å². The molecule has 0 aromatic carbocycles. The first-order valence-corrected chi connectivity index (χ1v) is 5.14. The molecule has 1 aliphatic carbocycles. The second-order valence-electron chi connectivity index (χ2n) is 4.60. The maximum atomic E-state index is 10.9. The molecule has 1 atom stereocenters. The van der Waals surface area contributed by atoms with Crippen molar-refractivity contribution in [1.82, 2.24) is 0 Å². The van der Waals surface area contributed by atoms with Gasteiger partial charge in [-0.15, -0.1) is 0 Å². The highest BCUT2D eigenvalue weighted by Gasteiger charge is 2.66. The number of ether oxygens (including phenoxy) is 1. The van der Waals surface area contributed by atoms with Crippen molar-refractivity contribution in [2.75, 3.05) is 13.2 Å². The van der Waals surface area contributed by atoms with Gasteiger partial charge in [-0.2, -0.15) is 0 Å². The number of carboxylic acid groups (broad SMARTS) is 1. The van der Waals surface area contributed by atoms with Gasteiger partial charge in [0.05, 0.1) is 13.2 Å². The molecular formula is C10H17NO3. The van der Waals surface area contributed by atoms with Crippen LogP contribution in [-0.4, -0.2) is 30.3 Å². The van der Waals surface area contributed by atoms with Crippen molar-refractivity contribution >= 4 is 5.97 Å². The summed E-state index contributed by atoms with van der Waals surface area (Å²) in [5.74, 6) is -0.873. The number of carbonyl (C=O) groups is 1. The summed E-state index contributed by atoms with van der Waals surface area (Å²) >= 11 is 0. The van der Waals surface area contributed by atoms with E-state index in [2.05, 4.69) is 6.92 Å². The minimum Gasteiger partial charge on any atom is -0.480 e. The lowest BCUT2D eigenvalue weighted by Crippen LogP contribution is -2.57. The van der Waals surface area contributed by atoms with Crippen LogP contribution in [0.1, 0.15) is 26.2 Å². The smallest absolute Gasteiger partial charge is 0.321 e. The van der Waals surface area contributed by atoms with Gasteiger partial charge in [0.2, 0.25) is 0 Å². The summed E-state index contributed by atoms with van der Waals surface area (Å²) in [6, 6.07) is -0.716. The standard InChI is InChI=1S/C10H17NO3/c1-2-9(5-14-6-9)10(3-4-10)7(11)8(12)13/h7H,2-6,11H2,1H3,(H,12,13). The predicted molar refractivity (Wildman–Crippen MR) is 50.8 cm³/mol. The lowest BCUT2D eigenvalue weighted by atomic mass is 9.65. The number of carboxylic acids is 1. The fraction of sp³-hybridized carbons (Fsp3) is 0.900. The topological polar surface area (TPSA) is 72.6 Å². The van der Waals surface area contributed by atoms with E-state index in [0.717, 1.165) is 19.3 Å². The third-order valence-electron chi connectivity index (χ3n) is 4.14. The van der Waals surface area contributed by atoms with Crippen LogP contribution in [0.4, 0.5) is 0 Å². The molecule has 4 heteroatoms. The zero-order valence-electron chi connectivity index (χ0n) is 8.45. The SMILES string of the molecule is CCC1(C2(C(N)C(=O)O)CC2)COC1. The van der Waals surface area contributed by atoms with Crippen LogP contribution in [-0.2, 0) is 9.53 Å². The van der Waals surface area contributed by atoms with E-state index in [0.29, 0.717) is 13.2 Å². The Labute approximate surface area is 83.4 Å². The first kappa shape index (κ1) is 9.93. The lowest BCUT2D eigenvalue weighted by molar-refractivity contribution is -0.172. The minimum absolute atomic E-state index is 0.0464. The van der Waals surface area contributed by atoms with E-state index in [9.17, 15) is 4.79 Å². The molecule has 80 valence electrons. The summed E-state index contributed by atoms with van der Waals surface area (Å²) < 4.78 is 5.24. The van der Waals surface area contributed by atoms with Gasteiger partial charge in [0, 0.05) is 10.8 Å². The molecule has 2 fully saturated rings. The zero-order valence-corrected chi connectivity index (χ0v) is 8.45. The number of aliphatic carboxylic acids is 1. The van der Waals surface area contributed by atoms with E-state index in [1.807, 2.05) is 0 Å². The third-order valence-corrected chi connectivity index (χ3v) is 4.14. The van der Waals surface area contributed by atoms with Gasteiger partial charge < -0.3 is 15.6 Å². The molecule has 4 nitrogen and oxygen atoms in total. The monoisotopic (exact) mass is 199 g/mol. The van der Waals surface area contributed by atoms with Crippen molar-refractivity contribution < 1.29 is 14.6 Å². The molecule has 2 rings (SSSR count).